The van der Waals surface area contributed by atoms with Crippen molar-refractivity contribution in [2.24, 2.45) is 0 Å². The van der Waals surface area contributed by atoms with Gasteiger partial charge in [0.25, 0.3) is 0 Å². The second-order valence-corrected chi connectivity index (χ2v) is 5.62. The number of nitrogens with one attached hydrogen (secondary N) is 1. The molecule has 0 unspecified atom stereocenters. The van der Waals surface area contributed by atoms with Crippen LogP contribution in [0.5, 0.6) is 0 Å². The Morgan fingerprint density at radius 3 is 2.72 bits per heavy atom. The van der Waals surface area contributed by atoms with E-state index in [9.17, 15) is 0 Å². The molecular formula is C13H16ClN3S. The second kappa shape index (κ2) is 5.59. The maximum Gasteiger partial charge on any atom is 0.0798 e. The summed E-state index contributed by atoms with van der Waals surface area (Å²) in [6, 6.07) is 6.01. The largest absolute Gasteiger partial charge is 0.380 e. The van der Waals surface area contributed by atoms with Gasteiger partial charge in [-0.3, -0.25) is 0 Å². The van der Waals surface area contributed by atoms with Crippen molar-refractivity contribution in [3.63, 3.8) is 0 Å². The molecule has 0 saturated heterocycles. The van der Waals surface area contributed by atoms with Crippen molar-refractivity contribution in [3.8, 4) is 0 Å². The highest BCUT2D eigenvalue weighted by Gasteiger charge is 2.05. The first kappa shape index (κ1) is 13.2. The van der Waals surface area contributed by atoms with E-state index < -0.39 is 0 Å². The number of hydrogen-bond acceptors (Lipinski definition) is 4. The standard InChI is InChI=1S/C13H16ClN3S/c1-9-13(18-8-16-9)7-15-10-4-5-12(17(2)3)11(14)6-10/h4-6,8,15H,7H2,1-3H3. The number of nitrogens with zero attached hydrogens (tertiary/aromatic N) is 2. The Kier molecular flexibility index (Phi) is 4.09. The molecule has 0 radical (unpaired) electrons. The van der Waals surface area contributed by atoms with E-state index in [-0.39, 0.29) is 0 Å². The van der Waals surface area contributed by atoms with E-state index in [1.165, 1.54) is 4.88 Å². The van der Waals surface area contributed by atoms with Crippen LogP contribution in [0.1, 0.15) is 10.6 Å². The van der Waals surface area contributed by atoms with Crippen LogP contribution in [-0.4, -0.2) is 19.1 Å². The minimum atomic E-state index is 0.756. The van der Waals surface area contributed by atoms with Gasteiger partial charge in [-0.15, -0.1) is 11.3 Å². The average molecular weight is 282 g/mol. The van der Waals surface area contributed by atoms with Crippen molar-refractivity contribution >= 4 is 34.3 Å². The van der Waals surface area contributed by atoms with Crippen LogP contribution >= 0.6 is 22.9 Å². The van der Waals surface area contributed by atoms with E-state index in [0.29, 0.717) is 0 Å². The number of aryl methyl sites for hydroxylation is 1. The van der Waals surface area contributed by atoms with Crippen molar-refractivity contribution in [2.75, 3.05) is 24.3 Å². The van der Waals surface area contributed by atoms with E-state index in [0.717, 1.165) is 28.6 Å². The van der Waals surface area contributed by atoms with Crippen LogP contribution in [0.25, 0.3) is 0 Å². The van der Waals surface area contributed by atoms with Gasteiger partial charge >= 0.3 is 0 Å². The highest BCUT2D eigenvalue weighted by molar-refractivity contribution is 7.09. The van der Waals surface area contributed by atoms with Crippen LogP contribution in [-0.2, 0) is 6.54 Å². The van der Waals surface area contributed by atoms with Crippen molar-refractivity contribution < 1.29 is 0 Å². The molecule has 0 aliphatic carbocycles. The minimum Gasteiger partial charge on any atom is -0.380 e. The average Bonchev–Trinajstić information content (AvgIpc) is 2.72. The molecule has 0 amide bonds. The van der Waals surface area contributed by atoms with E-state index in [1.54, 1.807) is 11.3 Å². The van der Waals surface area contributed by atoms with E-state index in [1.807, 2.05) is 49.6 Å². The van der Waals surface area contributed by atoms with Crippen LogP contribution in [0, 0.1) is 6.92 Å². The lowest BCUT2D eigenvalue weighted by molar-refractivity contribution is 1.11. The predicted molar refractivity (Wildman–Crippen MR) is 80.0 cm³/mol. The monoisotopic (exact) mass is 281 g/mol. The summed E-state index contributed by atoms with van der Waals surface area (Å²) in [5.74, 6) is 0. The van der Waals surface area contributed by atoms with E-state index in [4.69, 9.17) is 11.6 Å². The van der Waals surface area contributed by atoms with E-state index >= 15 is 0 Å². The fraction of sp³-hybridized carbons (Fsp3) is 0.308. The lowest BCUT2D eigenvalue weighted by atomic mass is 10.2. The number of halogens is 1. The SMILES string of the molecule is Cc1ncsc1CNc1ccc(N(C)C)c(Cl)c1. The zero-order valence-corrected chi connectivity index (χ0v) is 12.3. The lowest BCUT2D eigenvalue weighted by Gasteiger charge is -2.15. The third kappa shape index (κ3) is 2.94. The molecule has 0 aliphatic rings. The molecule has 0 spiro atoms. The number of rotatable bonds is 4. The zero-order chi connectivity index (χ0) is 13.1. The highest BCUT2D eigenvalue weighted by atomic mass is 35.5. The van der Waals surface area contributed by atoms with Crippen LogP contribution in [0.4, 0.5) is 11.4 Å². The van der Waals surface area contributed by atoms with Crippen molar-refractivity contribution in [2.45, 2.75) is 13.5 Å². The normalized spacial score (nSPS) is 10.4. The number of thiazole rings is 1. The molecule has 0 bridgehead atoms. The van der Waals surface area contributed by atoms with Crippen molar-refractivity contribution in [1.29, 1.82) is 0 Å². The van der Waals surface area contributed by atoms with E-state index in [2.05, 4.69) is 10.3 Å². The molecule has 2 rings (SSSR count). The molecule has 3 nitrogen and oxygen atoms in total. The molecular weight excluding hydrogens is 266 g/mol. The van der Waals surface area contributed by atoms with Gasteiger partial charge in [0, 0.05) is 24.7 Å². The summed E-state index contributed by atoms with van der Waals surface area (Å²) in [6.07, 6.45) is 0. The van der Waals surface area contributed by atoms with Gasteiger partial charge in [-0.25, -0.2) is 4.98 Å². The van der Waals surface area contributed by atoms with Crippen LogP contribution in [0.15, 0.2) is 23.7 Å². The van der Waals surface area contributed by atoms with Crippen molar-refractivity contribution in [3.05, 3.63) is 39.3 Å². The van der Waals surface area contributed by atoms with Crippen LogP contribution in [0.2, 0.25) is 5.02 Å². The van der Waals surface area contributed by atoms with Gasteiger partial charge in [-0.05, 0) is 25.1 Å². The summed E-state index contributed by atoms with van der Waals surface area (Å²) in [6.45, 7) is 2.81. The number of benzene rings is 1. The Hall–Kier alpha value is -1.26. The third-order valence-corrected chi connectivity index (χ3v) is 3.97. The fourth-order valence-electron chi connectivity index (χ4n) is 1.66. The summed E-state index contributed by atoms with van der Waals surface area (Å²) >= 11 is 7.89. The summed E-state index contributed by atoms with van der Waals surface area (Å²) in [5.41, 5.74) is 5.01. The topological polar surface area (TPSA) is 28.2 Å². The fourth-order valence-corrected chi connectivity index (χ4v) is 2.72. The Morgan fingerprint density at radius 2 is 2.17 bits per heavy atom. The molecule has 1 aromatic heterocycles. The third-order valence-electron chi connectivity index (χ3n) is 2.73. The molecule has 2 aromatic rings. The molecule has 0 fully saturated rings. The molecule has 0 saturated carbocycles. The molecule has 18 heavy (non-hydrogen) atoms. The molecule has 1 heterocycles. The summed E-state index contributed by atoms with van der Waals surface area (Å²) in [5, 5.41) is 4.12. The quantitative estimate of drug-likeness (QED) is 0.924. The molecule has 5 heteroatoms. The molecule has 96 valence electrons. The Labute approximate surface area is 116 Å². The number of anilines is 2. The smallest absolute Gasteiger partial charge is 0.0798 e. The van der Waals surface area contributed by atoms with Crippen LogP contribution < -0.4 is 10.2 Å². The Morgan fingerprint density at radius 1 is 1.39 bits per heavy atom. The summed E-state index contributed by atoms with van der Waals surface area (Å²) < 4.78 is 0. The van der Waals surface area contributed by atoms with Gasteiger partial charge in [-0.2, -0.15) is 0 Å². The lowest BCUT2D eigenvalue weighted by Crippen LogP contribution is -2.09. The minimum absolute atomic E-state index is 0.756. The summed E-state index contributed by atoms with van der Waals surface area (Å²) in [4.78, 5) is 7.48. The first-order valence-corrected chi connectivity index (χ1v) is 6.93. The second-order valence-electron chi connectivity index (χ2n) is 4.28. The first-order chi connectivity index (χ1) is 8.58. The number of aromatic nitrogens is 1. The maximum absolute atomic E-state index is 6.22. The predicted octanol–water partition coefficient (Wildman–Crippen LogP) is 3.78. The zero-order valence-electron chi connectivity index (χ0n) is 10.7. The maximum atomic E-state index is 6.22. The van der Waals surface area contributed by atoms with Gasteiger partial charge < -0.3 is 10.2 Å². The highest BCUT2D eigenvalue weighted by Crippen LogP contribution is 2.27. The Balaban J connectivity index is 2.07. The molecule has 0 atom stereocenters. The first-order valence-electron chi connectivity index (χ1n) is 5.67. The van der Waals surface area contributed by atoms with Gasteiger partial charge in [0.1, 0.15) is 0 Å². The molecule has 0 aliphatic heterocycles. The Bertz CT molecular complexity index is 537. The summed E-state index contributed by atoms with van der Waals surface area (Å²) in [7, 11) is 3.96. The van der Waals surface area contributed by atoms with Crippen LogP contribution in [0.3, 0.4) is 0 Å². The van der Waals surface area contributed by atoms with Gasteiger partial charge in [0.2, 0.25) is 0 Å². The van der Waals surface area contributed by atoms with Crippen molar-refractivity contribution in [1.82, 2.24) is 4.98 Å². The molecule has 1 aromatic carbocycles. The number of hydrogen-bond donors (Lipinski definition) is 1. The molecule has 1 N–H and O–H groups in total. The van der Waals surface area contributed by atoms with Gasteiger partial charge in [0.05, 0.1) is 28.5 Å². The van der Waals surface area contributed by atoms with Gasteiger partial charge in [0.15, 0.2) is 0 Å². The van der Waals surface area contributed by atoms with Gasteiger partial charge in [-0.1, -0.05) is 11.6 Å².